The SMILES string of the molecule is CCOC(=O)c1c(C)[nH]c(C(=O)OC(C)C(=O)Nc2ccc(N3CCOCC3)cc2)c1C. The minimum absolute atomic E-state index is 0.125. The molecule has 9 nitrogen and oxygen atoms in total. The number of aryl methyl sites for hydroxylation is 1. The van der Waals surface area contributed by atoms with Crippen LogP contribution in [0.3, 0.4) is 0 Å². The molecule has 1 aliphatic heterocycles. The number of rotatable bonds is 7. The molecule has 1 unspecified atom stereocenters. The summed E-state index contributed by atoms with van der Waals surface area (Å²) < 4.78 is 15.7. The Hall–Kier alpha value is -3.33. The van der Waals surface area contributed by atoms with E-state index >= 15 is 0 Å². The third kappa shape index (κ3) is 5.28. The van der Waals surface area contributed by atoms with Crippen LogP contribution < -0.4 is 10.2 Å². The third-order valence-corrected chi connectivity index (χ3v) is 5.29. The number of benzene rings is 1. The van der Waals surface area contributed by atoms with Crippen LogP contribution in [0, 0.1) is 13.8 Å². The van der Waals surface area contributed by atoms with Crippen molar-refractivity contribution in [3.05, 3.63) is 46.8 Å². The van der Waals surface area contributed by atoms with E-state index in [0.29, 0.717) is 35.7 Å². The molecule has 0 radical (unpaired) electrons. The molecule has 0 aliphatic carbocycles. The predicted molar refractivity (Wildman–Crippen MR) is 119 cm³/mol. The lowest BCUT2D eigenvalue weighted by Gasteiger charge is -2.28. The Morgan fingerprint density at radius 2 is 1.78 bits per heavy atom. The van der Waals surface area contributed by atoms with E-state index in [9.17, 15) is 14.4 Å². The summed E-state index contributed by atoms with van der Waals surface area (Å²) in [6.07, 6.45) is -1.03. The van der Waals surface area contributed by atoms with Gasteiger partial charge in [0.15, 0.2) is 6.10 Å². The third-order valence-electron chi connectivity index (χ3n) is 5.29. The first kappa shape index (κ1) is 23.3. The topological polar surface area (TPSA) is 110 Å². The van der Waals surface area contributed by atoms with Crippen LogP contribution in [0.15, 0.2) is 24.3 Å². The van der Waals surface area contributed by atoms with Crippen LogP contribution in [-0.4, -0.2) is 61.8 Å². The number of aromatic amines is 1. The Morgan fingerprint density at radius 1 is 1.12 bits per heavy atom. The monoisotopic (exact) mass is 443 g/mol. The molecule has 2 N–H and O–H groups in total. The fourth-order valence-electron chi connectivity index (χ4n) is 3.56. The quantitative estimate of drug-likeness (QED) is 0.633. The fraction of sp³-hybridized carbons (Fsp3) is 0.435. The van der Waals surface area contributed by atoms with Crippen LogP contribution in [0.25, 0.3) is 0 Å². The summed E-state index contributed by atoms with van der Waals surface area (Å²) in [6.45, 7) is 9.79. The van der Waals surface area contributed by atoms with Gasteiger partial charge in [0.25, 0.3) is 5.91 Å². The second kappa shape index (κ2) is 10.3. The molecule has 2 heterocycles. The summed E-state index contributed by atoms with van der Waals surface area (Å²) in [4.78, 5) is 42.3. The van der Waals surface area contributed by atoms with E-state index in [2.05, 4.69) is 15.2 Å². The van der Waals surface area contributed by atoms with Gasteiger partial charge in [0, 0.05) is 30.2 Å². The summed E-state index contributed by atoms with van der Waals surface area (Å²) >= 11 is 0. The molecule has 1 atom stereocenters. The van der Waals surface area contributed by atoms with Crippen molar-refractivity contribution in [3.63, 3.8) is 0 Å². The molecule has 3 rings (SSSR count). The summed E-state index contributed by atoms with van der Waals surface area (Å²) in [7, 11) is 0. The number of nitrogens with one attached hydrogen (secondary N) is 2. The zero-order chi connectivity index (χ0) is 23.3. The molecule has 1 aromatic heterocycles. The van der Waals surface area contributed by atoms with Crippen molar-refractivity contribution in [2.45, 2.75) is 33.8 Å². The Morgan fingerprint density at radius 3 is 2.41 bits per heavy atom. The number of anilines is 2. The standard InChI is InChI=1S/C23H29N3O6/c1-5-31-22(28)19-14(2)20(24-15(19)3)23(29)32-16(4)21(27)25-17-6-8-18(9-7-17)26-10-12-30-13-11-26/h6-9,16,24H,5,10-13H2,1-4H3,(H,25,27). The largest absolute Gasteiger partial charge is 0.462 e. The number of ether oxygens (including phenoxy) is 3. The van der Waals surface area contributed by atoms with Gasteiger partial charge >= 0.3 is 11.9 Å². The molecule has 1 aliphatic rings. The van der Waals surface area contributed by atoms with E-state index in [4.69, 9.17) is 14.2 Å². The minimum atomic E-state index is -1.03. The van der Waals surface area contributed by atoms with Gasteiger partial charge < -0.3 is 29.4 Å². The van der Waals surface area contributed by atoms with Crippen molar-refractivity contribution in [2.24, 2.45) is 0 Å². The number of carbonyl (C=O) groups is 3. The molecule has 32 heavy (non-hydrogen) atoms. The average molecular weight is 444 g/mol. The van der Waals surface area contributed by atoms with Crippen molar-refractivity contribution in [2.75, 3.05) is 43.1 Å². The van der Waals surface area contributed by atoms with Gasteiger partial charge in [-0.05, 0) is 57.5 Å². The van der Waals surface area contributed by atoms with Crippen molar-refractivity contribution in [1.29, 1.82) is 0 Å². The fourth-order valence-corrected chi connectivity index (χ4v) is 3.56. The Kier molecular flexibility index (Phi) is 7.53. The first-order chi connectivity index (χ1) is 15.3. The van der Waals surface area contributed by atoms with E-state index in [1.807, 2.05) is 12.1 Å². The Labute approximate surface area is 187 Å². The zero-order valence-corrected chi connectivity index (χ0v) is 18.8. The lowest BCUT2D eigenvalue weighted by atomic mass is 10.1. The van der Waals surface area contributed by atoms with E-state index in [0.717, 1.165) is 18.8 Å². The lowest BCUT2D eigenvalue weighted by Crippen LogP contribution is -2.36. The second-order valence-corrected chi connectivity index (χ2v) is 7.53. The van der Waals surface area contributed by atoms with Crippen molar-refractivity contribution in [1.82, 2.24) is 4.98 Å². The van der Waals surface area contributed by atoms with Crippen LogP contribution in [0.1, 0.15) is 46.0 Å². The van der Waals surface area contributed by atoms with Crippen LogP contribution in [0.4, 0.5) is 11.4 Å². The van der Waals surface area contributed by atoms with Crippen LogP contribution in [0.5, 0.6) is 0 Å². The number of hydrogen-bond donors (Lipinski definition) is 2. The summed E-state index contributed by atoms with van der Waals surface area (Å²) in [6, 6.07) is 7.47. The van der Waals surface area contributed by atoms with Gasteiger partial charge in [0.2, 0.25) is 0 Å². The Bertz CT molecular complexity index is 976. The van der Waals surface area contributed by atoms with E-state index in [1.54, 1.807) is 32.9 Å². The molecule has 0 spiro atoms. The molecule has 2 aromatic rings. The van der Waals surface area contributed by atoms with Crippen LogP contribution in [-0.2, 0) is 19.0 Å². The van der Waals surface area contributed by atoms with Crippen molar-refractivity contribution < 1.29 is 28.6 Å². The molecule has 1 saturated heterocycles. The molecule has 0 bridgehead atoms. The minimum Gasteiger partial charge on any atom is -0.462 e. The number of nitrogens with zero attached hydrogens (tertiary/aromatic N) is 1. The van der Waals surface area contributed by atoms with Crippen LogP contribution in [0.2, 0.25) is 0 Å². The van der Waals surface area contributed by atoms with Gasteiger partial charge in [-0.3, -0.25) is 4.79 Å². The highest BCUT2D eigenvalue weighted by Crippen LogP contribution is 2.21. The van der Waals surface area contributed by atoms with Crippen molar-refractivity contribution in [3.8, 4) is 0 Å². The molecule has 1 aromatic carbocycles. The maximum atomic E-state index is 12.6. The van der Waals surface area contributed by atoms with Gasteiger partial charge in [-0.25, -0.2) is 9.59 Å². The summed E-state index contributed by atoms with van der Waals surface area (Å²) in [5.41, 5.74) is 3.02. The number of hydrogen-bond acceptors (Lipinski definition) is 7. The predicted octanol–water partition coefficient (Wildman–Crippen LogP) is 2.83. The van der Waals surface area contributed by atoms with E-state index < -0.39 is 23.9 Å². The first-order valence-corrected chi connectivity index (χ1v) is 10.6. The maximum absolute atomic E-state index is 12.6. The van der Waals surface area contributed by atoms with E-state index in [-0.39, 0.29) is 12.3 Å². The molecule has 0 saturated carbocycles. The van der Waals surface area contributed by atoms with Gasteiger partial charge in [-0.2, -0.15) is 0 Å². The highest BCUT2D eigenvalue weighted by atomic mass is 16.5. The van der Waals surface area contributed by atoms with E-state index in [1.165, 1.54) is 6.92 Å². The normalized spacial score (nSPS) is 14.6. The maximum Gasteiger partial charge on any atom is 0.355 e. The molecule has 1 amide bonds. The zero-order valence-electron chi connectivity index (χ0n) is 18.8. The van der Waals surface area contributed by atoms with Crippen LogP contribution >= 0.6 is 0 Å². The lowest BCUT2D eigenvalue weighted by molar-refractivity contribution is -0.123. The highest BCUT2D eigenvalue weighted by Gasteiger charge is 2.26. The number of esters is 2. The number of morpholine rings is 1. The van der Waals surface area contributed by atoms with Gasteiger partial charge in [-0.15, -0.1) is 0 Å². The molecular formula is C23H29N3O6. The molecule has 172 valence electrons. The van der Waals surface area contributed by atoms with Gasteiger partial charge in [-0.1, -0.05) is 0 Å². The number of amides is 1. The molecule has 9 heteroatoms. The van der Waals surface area contributed by atoms with Crippen molar-refractivity contribution >= 4 is 29.2 Å². The van der Waals surface area contributed by atoms with Gasteiger partial charge in [0.1, 0.15) is 5.69 Å². The second-order valence-electron chi connectivity index (χ2n) is 7.53. The van der Waals surface area contributed by atoms with Gasteiger partial charge in [0.05, 0.1) is 25.4 Å². The average Bonchev–Trinajstić information content (AvgIpc) is 3.09. The number of carbonyl (C=O) groups excluding carboxylic acids is 3. The summed E-state index contributed by atoms with van der Waals surface area (Å²) in [5.74, 6) is -1.68. The summed E-state index contributed by atoms with van der Waals surface area (Å²) in [5, 5.41) is 2.75. The number of aromatic nitrogens is 1. The molecular weight excluding hydrogens is 414 g/mol. The highest BCUT2D eigenvalue weighted by molar-refractivity contribution is 6.00. The first-order valence-electron chi connectivity index (χ1n) is 10.6. The smallest absolute Gasteiger partial charge is 0.355 e. The number of H-pyrrole nitrogens is 1. The Balaban J connectivity index is 1.60. The molecule has 1 fully saturated rings.